The highest BCUT2D eigenvalue weighted by molar-refractivity contribution is 7.80. The Balaban J connectivity index is 2.08. The van der Waals surface area contributed by atoms with Crippen molar-refractivity contribution in [3.63, 3.8) is 0 Å². The Kier molecular flexibility index (Phi) is 5.25. The first-order valence-electron chi connectivity index (χ1n) is 6.50. The number of nitrogens with one attached hydrogen (secondary N) is 2. The van der Waals surface area contributed by atoms with Crippen LogP contribution in [0.2, 0.25) is 5.02 Å². The van der Waals surface area contributed by atoms with Gasteiger partial charge in [0.05, 0.1) is 15.5 Å². The summed E-state index contributed by atoms with van der Waals surface area (Å²) < 4.78 is 0. The van der Waals surface area contributed by atoms with Crippen LogP contribution in [-0.2, 0) is 0 Å². The average molecular weight is 350 g/mol. The van der Waals surface area contributed by atoms with Crippen molar-refractivity contribution in [3.05, 3.63) is 68.7 Å². The molecule has 6 nitrogen and oxygen atoms in total. The fraction of sp³-hybridized carbons (Fsp3) is 0.0667. The van der Waals surface area contributed by atoms with Gasteiger partial charge in [-0.2, -0.15) is 0 Å². The molecule has 0 aliphatic rings. The maximum Gasteiger partial charge on any atom is 0.274 e. The molecule has 0 spiro atoms. The number of hydrogen-bond acceptors (Lipinski definition) is 4. The van der Waals surface area contributed by atoms with Crippen LogP contribution >= 0.6 is 23.8 Å². The van der Waals surface area contributed by atoms with Crippen LogP contribution in [0.4, 0.5) is 11.4 Å². The quantitative estimate of drug-likeness (QED) is 0.501. The Bertz CT molecular complexity index is 795. The van der Waals surface area contributed by atoms with Crippen molar-refractivity contribution in [2.24, 2.45) is 0 Å². The van der Waals surface area contributed by atoms with Crippen LogP contribution in [0.5, 0.6) is 0 Å². The molecular weight excluding hydrogens is 338 g/mol. The molecule has 0 fully saturated rings. The van der Waals surface area contributed by atoms with Crippen molar-refractivity contribution in [3.8, 4) is 0 Å². The largest absolute Gasteiger partial charge is 0.332 e. The molecular formula is C15H12ClN3O3S. The van der Waals surface area contributed by atoms with E-state index in [4.69, 9.17) is 23.8 Å². The third kappa shape index (κ3) is 4.24. The standard InChI is InChI=1S/C15H12ClN3O3S/c1-9-6-7-10(8-13(9)19(21)22)17-15(23)18-14(20)11-4-2-3-5-12(11)16/h2-8H,1H3,(H2,17,18,20,23). The van der Waals surface area contributed by atoms with E-state index in [-0.39, 0.29) is 16.4 Å². The zero-order chi connectivity index (χ0) is 17.0. The van der Waals surface area contributed by atoms with E-state index >= 15 is 0 Å². The number of carbonyl (C=O) groups excluding carboxylic acids is 1. The molecule has 0 heterocycles. The van der Waals surface area contributed by atoms with E-state index in [9.17, 15) is 14.9 Å². The minimum Gasteiger partial charge on any atom is -0.332 e. The summed E-state index contributed by atoms with van der Waals surface area (Å²) in [4.78, 5) is 22.5. The van der Waals surface area contributed by atoms with E-state index < -0.39 is 10.8 Å². The normalized spacial score (nSPS) is 10.0. The fourth-order valence-electron chi connectivity index (χ4n) is 1.86. The SMILES string of the molecule is Cc1ccc(NC(=S)NC(=O)c2ccccc2Cl)cc1[N+](=O)[O-]. The number of benzene rings is 2. The lowest BCUT2D eigenvalue weighted by atomic mass is 10.2. The number of carbonyl (C=O) groups is 1. The second-order valence-electron chi connectivity index (χ2n) is 4.65. The molecule has 0 aliphatic carbocycles. The Hall–Kier alpha value is -2.51. The van der Waals surface area contributed by atoms with E-state index in [1.165, 1.54) is 6.07 Å². The van der Waals surface area contributed by atoms with Crippen molar-refractivity contribution < 1.29 is 9.72 Å². The minimum absolute atomic E-state index is 0.0214. The summed E-state index contributed by atoms with van der Waals surface area (Å²) in [5.74, 6) is -0.463. The molecule has 0 saturated heterocycles. The molecule has 0 bridgehead atoms. The molecule has 0 radical (unpaired) electrons. The molecule has 1 amide bonds. The summed E-state index contributed by atoms with van der Waals surface area (Å²) in [5, 5.41) is 16.5. The number of aryl methyl sites for hydroxylation is 1. The van der Waals surface area contributed by atoms with E-state index in [0.717, 1.165) is 0 Å². The van der Waals surface area contributed by atoms with Gasteiger partial charge in [0.25, 0.3) is 11.6 Å². The highest BCUT2D eigenvalue weighted by Gasteiger charge is 2.14. The van der Waals surface area contributed by atoms with Gasteiger partial charge in [0.1, 0.15) is 0 Å². The number of nitrogens with zero attached hydrogens (tertiary/aromatic N) is 1. The van der Waals surface area contributed by atoms with E-state index in [2.05, 4.69) is 10.6 Å². The molecule has 0 saturated carbocycles. The predicted octanol–water partition coefficient (Wildman–Crippen LogP) is 3.68. The summed E-state index contributed by atoms with van der Waals surface area (Å²) >= 11 is 11.0. The highest BCUT2D eigenvalue weighted by atomic mass is 35.5. The predicted molar refractivity (Wildman–Crippen MR) is 93.0 cm³/mol. The number of nitro benzene ring substituents is 1. The molecule has 23 heavy (non-hydrogen) atoms. The number of halogens is 1. The van der Waals surface area contributed by atoms with Crippen LogP contribution in [0.25, 0.3) is 0 Å². The van der Waals surface area contributed by atoms with Crippen molar-refractivity contribution in [2.75, 3.05) is 5.32 Å². The van der Waals surface area contributed by atoms with Crippen LogP contribution in [0, 0.1) is 17.0 Å². The van der Waals surface area contributed by atoms with Gasteiger partial charge in [0.2, 0.25) is 0 Å². The Labute approximate surface area is 142 Å². The third-order valence-electron chi connectivity index (χ3n) is 3.01. The van der Waals surface area contributed by atoms with E-state index in [1.54, 1.807) is 43.3 Å². The molecule has 8 heteroatoms. The average Bonchev–Trinajstić information content (AvgIpc) is 2.49. The van der Waals surface area contributed by atoms with Gasteiger partial charge in [-0.25, -0.2) is 0 Å². The van der Waals surface area contributed by atoms with Crippen LogP contribution in [-0.4, -0.2) is 15.9 Å². The molecule has 0 aliphatic heterocycles. The van der Waals surface area contributed by atoms with Crippen molar-refractivity contribution in [1.82, 2.24) is 5.32 Å². The smallest absolute Gasteiger partial charge is 0.274 e. The lowest BCUT2D eigenvalue weighted by Gasteiger charge is -2.10. The molecule has 2 rings (SSSR count). The highest BCUT2D eigenvalue weighted by Crippen LogP contribution is 2.22. The summed E-state index contributed by atoms with van der Waals surface area (Å²) in [6.07, 6.45) is 0. The first kappa shape index (κ1) is 16.9. The fourth-order valence-corrected chi connectivity index (χ4v) is 2.29. The van der Waals surface area contributed by atoms with Gasteiger partial charge in [-0.05, 0) is 37.3 Å². The summed E-state index contributed by atoms with van der Waals surface area (Å²) in [7, 11) is 0. The molecule has 0 aromatic heterocycles. The molecule has 2 N–H and O–H groups in total. The summed E-state index contributed by atoms with van der Waals surface area (Å²) in [6.45, 7) is 1.64. The van der Waals surface area contributed by atoms with E-state index in [0.29, 0.717) is 16.3 Å². The molecule has 118 valence electrons. The number of amides is 1. The van der Waals surface area contributed by atoms with Gasteiger partial charge in [-0.15, -0.1) is 0 Å². The number of hydrogen-bond donors (Lipinski definition) is 2. The monoisotopic (exact) mass is 349 g/mol. The van der Waals surface area contributed by atoms with Gasteiger partial charge in [-0.1, -0.05) is 29.8 Å². The summed E-state index contributed by atoms with van der Waals surface area (Å²) in [6, 6.07) is 11.1. The first-order valence-corrected chi connectivity index (χ1v) is 7.29. The van der Waals surface area contributed by atoms with Crippen molar-refractivity contribution >= 4 is 46.2 Å². The molecule has 2 aromatic rings. The lowest BCUT2D eigenvalue weighted by Crippen LogP contribution is -2.34. The molecule has 2 aromatic carbocycles. The van der Waals surface area contributed by atoms with Gasteiger partial charge in [-0.3, -0.25) is 20.2 Å². The van der Waals surface area contributed by atoms with E-state index in [1.807, 2.05) is 0 Å². The number of thiocarbonyl (C=S) groups is 1. The van der Waals surface area contributed by atoms with Gasteiger partial charge in [0.15, 0.2) is 5.11 Å². The van der Waals surface area contributed by atoms with Gasteiger partial charge in [0, 0.05) is 17.3 Å². The lowest BCUT2D eigenvalue weighted by molar-refractivity contribution is -0.385. The van der Waals surface area contributed by atoms with Gasteiger partial charge >= 0.3 is 0 Å². The maximum absolute atomic E-state index is 12.1. The molecule has 0 unspecified atom stereocenters. The van der Waals surface area contributed by atoms with Crippen LogP contribution in [0.1, 0.15) is 15.9 Å². The second-order valence-corrected chi connectivity index (χ2v) is 5.46. The van der Waals surface area contributed by atoms with Crippen molar-refractivity contribution in [1.29, 1.82) is 0 Å². The molecule has 0 atom stereocenters. The van der Waals surface area contributed by atoms with Gasteiger partial charge < -0.3 is 5.32 Å². The topological polar surface area (TPSA) is 84.3 Å². The number of nitro groups is 1. The van der Waals surface area contributed by atoms with Crippen LogP contribution < -0.4 is 10.6 Å². The third-order valence-corrected chi connectivity index (χ3v) is 3.54. The first-order chi connectivity index (χ1) is 10.9. The Morgan fingerprint density at radius 2 is 1.96 bits per heavy atom. The minimum atomic E-state index is -0.480. The van der Waals surface area contributed by atoms with Crippen molar-refractivity contribution in [2.45, 2.75) is 6.92 Å². The van der Waals surface area contributed by atoms with Crippen LogP contribution in [0.3, 0.4) is 0 Å². The summed E-state index contributed by atoms with van der Waals surface area (Å²) in [5.41, 5.74) is 1.20. The number of anilines is 1. The van der Waals surface area contributed by atoms with Crippen LogP contribution in [0.15, 0.2) is 42.5 Å². The second kappa shape index (κ2) is 7.17. The zero-order valence-corrected chi connectivity index (χ0v) is 13.6. The Morgan fingerprint density at radius 3 is 2.61 bits per heavy atom. The maximum atomic E-state index is 12.1. The zero-order valence-electron chi connectivity index (χ0n) is 12.0. The Morgan fingerprint density at radius 1 is 1.26 bits per heavy atom. The number of rotatable bonds is 3.